The number of carbonyl (C=O) groups is 2. The summed E-state index contributed by atoms with van der Waals surface area (Å²) in [6, 6.07) is 8.16. The highest BCUT2D eigenvalue weighted by Crippen LogP contribution is 2.24. The van der Waals surface area contributed by atoms with Gasteiger partial charge in [-0.1, -0.05) is 45.0 Å². The van der Waals surface area contributed by atoms with Crippen LogP contribution in [0.2, 0.25) is 0 Å². The summed E-state index contributed by atoms with van der Waals surface area (Å²) in [6.45, 7) is 7.14. The highest BCUT2D eigenvalue weighted by molar-refractivity contribution is 5.80. The van der Waals surface area contributed by atoms with Crippen molar-refractivity contribution in [1.82, 2.24) is 4.90 Å². The van der Waals surface area contributed by atoms with Crippen molar-refractivity contribution in [3.05, 3.63) is 35.4 Å². The molecule has 4 heteroatoms. The SMILES string of the molecule is CC(C)Cc1ccc(CC(=O)N2C[C@@H](C)[C@H](C(=O)O)C2)cc1. The van der Waals surface area contributed by atoms with Gasteiger partial charge in [0.1, 0.15) is 0 Å². The van der Waals surface area contributed by atoms with E-state index in [9.17, 15) is 9.59 Å². The van der Waals surface area contributed by atoms with Crippen molar-refractivity contribution in [3.8, 4) is 0 Å². The molecule has 1 heterocycles. The summed E-state index contributed by atoms with van der Waals surface area (Å²) in [7, 11) is 0. The molecule has 0 saturated carbocycles. The molecule has 1 N–H and O–H groups in total. The van der Waals surface area contributed by atoms with Crippen LogP contribution >= 0.6 is 0 Å². The summed E-state index contributed by atoms with van der Waals surface area (Å²) in [5.41, 5.74) is 2.27. The van der Waals surface area contributed by atoms with Crippen LogP contribution in [0.1, 0.15) is 31.9 Å². The van der Waals surface area contributed by atoms with Crippen LogP contribution in [0.4, 0.5) is 0 Å². The van der Waals surface area contributed by atoms with Gasteiger partial charge in [0.25, 0.3) is 0 Å². The van der Waals surface area contributed by atoms with Crippen LogP contribution in [0.25, 0.3) is 0 Å². The molecular weight excluding hydrogens is 278 g/mol. The molecule has 0 radical (unpaired) electrons. The largest absolute Gasteiger partial charge is 0.481 e. The molecule has 0 aliphatic carbocycles. The molecular formula is C18H25NO3. The Labute approximate surface area is 132 Å². The number of carboxylic acid groups (broad SMARTS) is 1. The maximum absolute atomic E-state index is 12.3. The van der Waals surface area contributed by atoms with Crippen molar-refractivity contribution in [2.24, 2.45) is 17.8 Å². The monoisotopic (exact) mass is 303 g/mol. The van der Waals surface area contributed by atoms with Crippen molar-refractivity contribution in [2.75, 3.05) is 13.1 Å². The van der Waals surface area contributed by atoms with Crippen molar-refractivity contribution >= 4 is 11.9 Å². The summed E-state index contributed by atoms with van der Waals surface area (Å²) in [6.07, 6.45) is 1.39. The van der Waals surface area contributed by atoms with Gasteiger partial charge in [-0.2, -0.15) is 0 Å². The van der Waals surface area contributed by atoms with E-state index < -0.39 is 11.9 Å². The predicted molar refractivity (Wildman–Crippen MR) is 85.6 cm³/mol. The van der Waals surface area contributed by atoms with E-state index in [1.165, 1.54) is 5.56 Å². The molecule has 0 unspecified atom stereocenters. The van der Waals surface area contributed by atoms with Crippen LogP contribution in [-0.4, -0.2) is 35.0 Å². The highest BCUT2D eigenvalue weighted by Gasteiger charge is 2.36. The Morgan fingerprint density at radius 3 is 2.27 bits per heavy atom. The molecule has 0 spiro atoms. The Balaban J connectivity index is 1.93. The number of nitrogens with zero attached hydrogens (tertiary/aromatic N) is 1. The van der Waals surface area contributed by atoms with E-state index in [1.807, 2.05) is 19.1 Å². The Morgan fingerprint density at radius 1 is 1.18 bits per heavy atom. The molecule has 0 bridgehead atoms. The van der Waals surface area contributed by atoms with E-state index in [0.717, 1.165) is 12.0 Å². The van der Waals surface area contributed by atoms with Crippen LogP contribution in [0.3, 0.4) is 0 Å². The van der Waals surface area contributed by atoms with E-state index in [1.54, 1.807) is 4.90 Å². The van der Waals surface area contributed by atoms with Crippen LogP contribution < -0.4 is 0 Å². The molecule has 1 aromatic rings. The average Bonchev–Trinajstić information content (AvgIpc) is 2.83. The van der Waals surface area contributed by atoms with Gasteiger partial charge >= 0.3 is 5.97 Å². The standard InChI is InChI=1S/C18H25NO3/c1-12(2)8-14-4-6-15(7-5-14)9-17(20)19-10-13(3)16(11-19)18(21)22/h4-7,12-13,16H,8-11H2,1-3H3,(H,21,22)/t13-,16-/m1/s1. The molecule has 2 atom stereocenters. The minimum atomic E-state index is -0.805. The molecule has 0 aromatic heterocycles. The first-order chi connectivity index (χ1) is 10.4. The first kappa shape index (κ1) is 16.5. The number of hydrogen-bond donors (Lipinski definition) is 1. The maximum atomic E-state index is 12.3. The van der Waals surface area contributed by atoms with Crippen LogP contribution in [0, 0.1) is 17.8 Å². The lowest BCUT2D eigenvalue weighted by molar-refractivity contribution is -0.142. The van der Waals surface area contributed by atoms with Gasteiger partial charge in [-0.15, -0.1) is 0 Å². The zero-order valence-electron chi connectivity index (χ0n) is 13.6. The van der Waals surface area contributed by atoms with Gasteiger partial charge in [-0.3, -0.25) is 9.59 Å². The van der Waals surface area contributed by atoms with E-state index in [0.29, 0.717) is 25.4 Å². The Kier molecular flexibility index (Phi) is 5.22. The smallest absolute Gasteiger partial charge is 0.308 e. The van der Waals surface area contributed by atoms with E-state index in [2.05, 4.69) is 26.0 Å². The number of hydrogen-bond acceptors (Lipinski definition) is 2. The fraction of sp³-hybridized carbons (Fsp3) is 0.556. The third-order valence-electron chi connectivity index (χ3n) is 4.30. The first-order valence-electron chi connectivity index (χ1n) is 7.95. The Hall–Kier alpha value is -1.84. The Bertz CT molecular complexity index is 536. The normalized spacial score (nSPS) is 21.4. The summed E-state index contributed by atoms with van der Waals surface area (Å²) in [5.74, 6) is -0.577. The van der Waals surface area contributed by atoms with Crippen LogP contribution in [-0.2, 0) is 22.4 Å². The van der Waals surface area contributed by atoms with Gasteiger partial charge in [-0.05, 0) is 29.4 Å². The molecule has 22 heavy (non-hydrogen) atoms. The molecule has 1 fully saturated rings. The zero-order chi connectivity index (χ0) is 16.3. The lowest BCUT2D eigenvalue weighted by atomic mass is 9.99. The second kappa shape index (κ2) is 6.95. The first-order valence-corrected chi connectivity index (χ1v) is 7.95. The van der Waals surface area contributed by atoms with Gasteiger partial charge in [0, 0.05) is 13.1 Å². The van der Waals surface area contributed by atoms with Crippen molar-refractivity contribution in [1.29, 1.82) is 0 Å². The molecule has 1 aliphatic heterocycles. The van der Waals surface area contributed by atoms with Gasteiger partial charge in [-0.25, -0.2) is 0 Å². The van der Waals surface area contributed by atoms with Crippen molar-refractivity contribution in [3.63, 3.8) is 0 Å². The highest BCUT2D eigenvalue weighted by atomic mass is 16.4. The number of aliphatic carboxylic acids is 1. The van der Waals surface area contributed by atoms with Gasteiger partial charge < -0.3 is 10.0 Å². The minimum Gasteiger partial charge on any atom is -0.481 e. The van der Waals surface area contributed by atoms with E-state index in [4.69, 9.17) is 5.11 Å². The summed E-state index contributed by atoms with van der Waals surface area (Å²) >= 11 is 0. The number of carboxylic acids is 1. The molecule has 1 saturated heterocycles. The zero-order valence-corrected chi connectivity index (χ0v) is 13.6. The number of benzene rings is 1. The summed E-state index contributed by atoms with van der Waals surface area (Å²) in [5, 5.41) is 9.14. The second-order valence-electron chi connectivity index (χ2n) is 6.81. The maximum Gasteiger partial charge on any atom is 0.308 e. The third-order valence-corrected chi connectivity index (χ3v) is 4.30. The summed E-state index contributed by atoms with van der Waals surface area (Å²) in [4.78, 5) is 25.1. The van der Waals surface area contributed by atoms with Gasteiger partial charge in [0.2, 0.25) is 5.91 Å². The minimum absolute atomic E-state index is 0.0206. The van der Waals surface area contributed by atoms with E-state index in [-0.39, 0.29) is 11.8 Å². The molecule has 2 rings (SSSR count). The molecule has 1 amide bonds. The number of rotatable bonds is 5. The second-order valence-corrected chi connectivity index (χ2v) is 6.81. The lowest BCUT2D eigenvalue weighted by Crippen LogP contribution is -2.31. The third kappa shape index (κ3) is 4.09. The molecule has 1 aliphatic rings. The number of amides is 1. The van der Waals surface area contributed by atoms with Gasteiger partial charge in [0.15, 0.2) is 0 Å². The fourth-order valence-corrected chi connectivity index (χ4v) is 3.04. The summed E-state index contributed by atoms with van der Waals surface area (Å²) < 4.78 is 0. The van der Waals surface area contributed by atoms with Crippen LogP contribution in [0.5, 0.6) is 0 Å². The Morgan fingerprint density at radius 2 is 1.77 bits per heavy atom. The number of carbonyl (C=O) groups excluding carboxylic acids is 1. The fourth-order valence-electron chi connectivity index (χ4n) is 3.04. The van der Waals surface area contributed by atoms with Crippen molar-refractivity contribution < 1.29 is 14.7 Å². The topological polar surface area (TPSA) is 57.6 Å². The van der Waals surface area contributed by atoms with Crippen molar-refractivity contribution in [2.45, 2.75) is 33.6 Å². The van der Waals surface area contributed by atoms with Gasteiger partial charge in [0.05, 0.1) is 12.3 Å². The molecule has 1 aromatic carbocycles. The van der Waals surface area contributed by atoms with Crippen LogP contribution in [0.15, 0.2) is 24.3 Å². The predicted octanol–water partition coefficient (Wildman–Crippen LogP) is 2.61. The number of likely N-dealkylation sites (tertiary alicyclic amines) is 1. The molecule has 4 nitrogen and oxygen atoms in total. The average molecular weight is 303 g/mol. The lowest BCUT2D eigenvalue weighted by Gasteiger charge is -2.16. The quantitative estimate of drug-likeness (QED) is 0.909. The van der Waals surface area contributed by atoms with E-state index >= 15 is 0 Å². The molecule has 120 valence electrons.